The van der Waals surface area contributed by atoms with Crippen LogP contribution in [0, 0.1) is 27.7 Å². The van der Waals surface area contributed by atoms with Gasteiger partial charge in [0.25, 0.3) is 29.5 Å². The van der Waals surface area contributed by atoms with Gasteiger partial charge in [0.05, 0.1) is 96.7 Å². The molecule has 10 aromatic heterocycles. The summed E-state index contributed by atoms with van der Waals surface area (Å²) in [5.74, 6) is -2.23. The first-order valence-corrected chi connectivity index (χ1v) is 54.9. The van der Waals surface area contributed by atoms with E-state index < -0.39 is 36.7 Å². The largest absolute Gasteiger partial charge is 0.321 e. The van der Waals surface area contributed by atoms with E-state index in [0.717, 1.165) is 123 Å². The van der Waals surface area contributed by atoms with E-state index in [1.54, 1.807) is 36.1 Å². The normalized spacial score (nSPS) is 10.9. The molecule has 0 saturated heterocycles. The zero-order valence-electron chi connectivity index (χ0n) is 73.2. The molecule has 6 aromatic carbocycles. The van der Waals surface area contributed by atoms with Crippen LogP contribution in [0.25, 0.3) is 62.6 Å². The number of amides is 5. The third-order valence-corrected chi connectivity index (χ3v) is 35.8. The lowest BCUT2D eigenvalue weighted by Crippen LogP contribution is -2.15. The molecule has 35 heteroatoms. The number of carbonyl (C=O) groups excluding carboxylic acids is 10. The molecule has 135 heavy (non-hydrogen) atoms. The lowest BCUT2D eigenvalue weighted by Gasteiger charge is -2.08. The summed E-state index contributed by atoms with van der Waals surface area (Å²) in [6.45, 7) is 18.5. The van der Waals surface area contributed by atoms with Gasteiger partial charge in [0.1, 0.15) is 9.75 Å². The van der Waals surface area contributed by atoms with Gasteiger partial charge in [0.2, 0.25) is 0 Å². The Labute approximate surface area is 848 Å². The predicted octanol–water partition coefficient (Wildman–Crippen LogP) is 30.6. The lowest BCUT2D eigenvalue weighted by molar-refractivity contribution is 0.100. The molecule has 0 fully saturated rings. The second-order valence-electron chi connectivity index (χ2n) is 30.3. The summed E-state index contributed by atoms with van der Waals surface area (Å²) < 4.78 is 50.3. The number of aryl methyl sites for hydroxylation is 4. The molecule has 0 atom stereocenters. The molecule has 16 rings (SSSR count). The van der Waals surface area contributed by atoms with Crippen LogP contribution < -0.4 is 26.6 Å². The number of carbonyl (C=O) groups is 10. The lowest BCUT2D eigenvalue weighted by atomic mass is 10.0. The van der Waals surface area contributed by atoms with Gasteiger partial charge in [0, 0.05) is 87.5 Å². The van der Waals surface area contributed by atoms with Gasteiger partial charge < -0.3 is 26.6 Å². The molecule has 694 valence electrons. The van der Waals surface area contributed by atoms with Crippen molar-refractivity contribution in [3.05, 3.63) is 324 Å². The standard InChI is InChI=1S/C24H19NO2S2.C21H20ClNO4S3.C19H16ClNO4S3.C18H14BrNO2S2.C17H12BrNO2S2.CH4/c1-15-8-10-18(11-9-15)23-22(16(2)26)19(14-28-23)25-24(27)21-13-12-20(29-21)17-6-4-3-5-7-17;1-11(2)30(26,27)16-10-29-20(18(16)22)21(25)23-15-9-28-19(17(15)13(4)24)14-7-5-12(3)6-8-14;1-10-4-6-12(7-5-10)17-15(11(2)22)13(8-26-17)21-19(23)18-16(20)14(9-27-18)28(3,24)25;1-10-7-8-23-16(10)18(22)20-14-9-24-17(15(14)11(2)21)12-3-5-13(19)6-4-12;1-10(20)15-14(19-17(21)12-6-7-22-8-12)9-23-16(15)11-2-4-13(18)5-3-11;/h3-14H,1-2H3,(H,25,27);5-11H,1-4H3,(H,23,25);4-9H,1-3H3,(H,21,23);3-9H,1-2H3,(H,20,22);2-9H,1H3,(H,19,21);1H4. The van der Waals surface area contributed by atoms with E-state index in [9.17, 15) is 64.8 Å². The minimum Gasteiger partial charge on any atom is -0.321 e. The predicted molar refractivity (Wildman–Crippen MR) is 572 cm³/mol. The molecule has 0 aliphatic heterocycles. The van der Waals surface area contributed by atoms with E-state index in [1.807, 2.05) is 224 Å². The van der Waals surface area contributed by atoms with Crippen molar-refractivity contribution in [1.82, 2.24) is 0 Å². The Balaban J connectivity index is 0.000000162. The van der Waals surface area contributed by atoms with Crippen molar-refractivity contribution in [2.24, 2.45) is 0 Å². The van der Waals surface area contributed by atoms with Crippen molar-refractivity contribution in [1.29, 1.82) is 0 Å². The fraction of sp³-hybridized carbons (Fsp3) is 0.140. The smallest absolute Gasteiger partial charge is 0.267 e. The van der Waals surface area contributed by atoms with E-state index >= 15 is 0 Å². The Kier molecular flexibility index (Phi) is 36.2. The average Bonchev–Trinajstić information content (AvgIpc) is 1.68. The fourth-order valence-electron chi connectivity index (χ4n) is 13.2. The van der Waals surface area contributed by atoms with Gasteiger partial charge >= 0.3 is 0 Å². The molecular formula is C100H85Br2Cl2N5O14S12. The van der Waals surface area contributed by atoms with Gasteiger partial charge in [-0.3, -0.25) is 47.9 Å². The number of halogens is 4. The van der Waals surface area contributed by atoms with Crippen molar-refractivity contribution in [3.63, 3.8) is 0 Å². The molecule has 0 unspecified atom stereocenters. The number of rotatable bonds is 24. The van der Waals surface area contributed by atoms with Crippen LogP contribution in [-0.2, 0) is 19.7 Å². The van der Waals surface area contributed by atoms with Crippen LogP contribution in [-0.4, -0.2) is 86.8 Å². The second-order valence-corrected chi connectivity index (χ2v) is 46.2. The number of hydrogen-bond donors (Lipinski definition) is 5. The van der Waals surface area contributed by atoms with Crippen molar-refractivity contribution >= 4 is 275 Å². The van der Waals surface area contributed by atoms with E-state index in [0.29, 0.717) is 71.6 Å². The first kappa shape index (κ1) is 105. The molecule has 5 N–H and O–H groups in total. The Morgan fingerprint density at radius 3 is 0.978 bits per heavy atom. The van der Waals surface area contributed by atoms with Crippen LogP contribution in [0.15, 0.2) is 248 Å². The first-order valence-electron chi connectivity index (χ1n) is 40.3. The molecule has 0 aliphatic rings. The number of Topliss-reactive ketones (excluding diaryl/α,β-unsaturated/α-hetero) is 5. The number of ketones is 5. The highest BCUT2D eigenvalue weighted by Crippen LogP contribution is 2.45. The van der Waals surface area contributed by atoms with E-state index in [1.165, 1.54) is 136 Å². The molecule has 0 bridgehead atoms. The van der Waals surface area contributed by atoms with Gasteiger partial charge in [-0.25, -0.2) is 16.8 Å². The SMILES string of the molecule is C.CC(=O)c1c(NC(=O)c2ccc(-c3ccccc3)s2)csc1-c1ccc(C)cc1.CC(=O)c1c(NC(=O)c2ccsc2)csc1-c1ccc(Br)cc1.CC(=O)c1c(NC(=O)c2scc(S(=O)(=O)C(C)C)c2Cl)csc1-c1ccc(C)cc1.CC(=O)c1c(NC(=O)c2scc(S(C)(=O)=O)c2Cl)csc1-c1ccc(C)cc1.CC(=O)c1c(NC(=O)c2sccc2C)csc1-c1ccc(Br)cc1. The topological polar surface area (TPSA) is 299 Å². The Morgan fingerprint density at radius 1 is 0.341 bits per heavy atom. The summed E-state index contributed by atoms with van der Waals surface area (Å²) in [5.41, 5.74) is 15.6. The minimum absolute atomic E-state index is 0. The minimum atomic E-state index is -3.60. The molecule has 0 saturated carbocycles. The van der Waals surface area contributed by atoms with Gasteiger partial charge in [-0.15, -0.1) is 102 Å². The van der Waals surface area contributed by atoms with Crippen molar-refractivity contribution in [2.45, 2.75) is 98.6 Å². The summed E-state index contributed by atoms with van der Waals surface area (Å²) >= 11 is 32.5. The third-order valence-electron chi connectivity index (χ3n) is 20.0. The number of sulfone groups is 2. The number of benzene rings is 6. The highest BCUT2D eigenvalue weighted by atomic mass is 79.9. The van der Waals surface area contributed by atoms with Crippen LogP contribution in [0.1, 0.15) is 179 Å². The number of hydrogen-bond acceptors (Lipinski definition) is 24. The molecular weight excluding hydrogens is 2110 g/mol. The number of anilines is 5. The van der Waals surface area contributed by atoms with E-state index in [2.05, 4.69) is 58.4 Å². The summed E-state index contributed by atoms with van der Waals surface area (Å²) in [6, 6.07) is 56.5. The Hall–Kier alpha value is -10.5. The molecule has 0 radical (unpaired) electrons. The Bertz CT molecular complexity index is 7350. The maximum atomic E-state index is 12.8. The summed E-state index contributed by atoms with van der Waals surface area (Å²) in [6.07, 6.45) is 1.03. The quantitative estimate of drug-likeness (QED) is 0.0352. The molecule has 0 aliphatic carbocycles. The van der Waals surface area contributed by atoms with E-state index in [4.69, 9.17) is 23.2 Å². The molecule has 10 heterocycles. The van der Waals surface area contributed by atoms with Crippen LogP contribution in [0.5, 0.6) is 0 Å². The summed E-state index contributed by atoms with van der Waals surface area (Å²) in [7, 11) is -7.13. The maximum Gasteiger partial charge on any atom is 0.267 e. The van der Waals surface area contributed by atoms with Crippen molar-refractivity contribution < 1.29 is 64.8 Å². The first-order chi connectivity index (χ1) is 63.7. The van der Waals surface area contributed by atoms with Crippen LogP contribution in [0.2, 0.25) is 10.0 Å². The molecule has 19 nitrogen and oxygen atoms in total. The number of nitrogens with one attached hydrogen (secondary N) is 5. The maximum absolute atomic E-state index is 12.8. The zero-order chi connectivity index (χ0) is 96.9. The summed E-state index contributed by atoms with van der Waals surface area (Å²) in [4.78, 5) is 131. The highest BCUT2D eigenvalue weighted by Gasteiger charge is 2.32. The molecule has 16 aromatic rings. The Morgan fingerprint density at radius 2 is 0.667 bits per heavy atom. The highest BCUT2D eigenvalue weighted by molar-refractivity contribution is 9.10. The van der Waals surface area contributed by atoms with Crippen LogP contribution in [0.3, 0.4) is 0 Å². The fourth-order valence-corrected chi connectivity index (χ4v) is 27.1. The van der Waals surface area contributed by atoms with Crippen LogP contribution >= 0.6 is 168 Å². The van der Waals surface area contributed by atoms with Crippen LogP contribution in [0.4, 0.5) is 28.4 Å². The molecule has 5 amide bonds. The van der Waals surface area contributed by atoms with Gasteiger partial charge in [-0.1, -0.05) is 207 Å². The number of thiophene rings is 10. The molecule has 0 spiro atoms. The van der Waals surface area contributed by atoms with Gasteiger partial charge in [-0.2, -0.15) is 11.3 Å². The monoisotopic (exact) mass is 2190 g/mol. The second kappa shape index (κ2) is 46.5. The zero-order valence-corrected chi connectivity index (χ0v) is 87.7. The average molecular weight is 2200 g/mol. The third kappa shape index (κ3) is 25.7. The van der Waals surface area contributed by atoms with Gasteiger partial charge in [0.15, 0.2) is 48.6 Å². The van der Waals surface area contributed by atoms with Crippen molar-refractivity contribution in [3.8, 4) is 62.6 Å². The van der Waals surface area contributed by atoms with E-state index in [-0.39, 0.29) is 83.7 Å². The van der Waals surface area contributed by atoms with Gasteiger partial charge in [-0.05, 0) is 174 Å². The van der Waals surface area contributed by atoms with Crippen molar-refractivity contribution in [2.75, 3.05) is 32.8 Å². The summed E-state index contributed by atoms with van der Waals surface area (Å²) in [5, 5.41) is 30.4.